The smallest absolute Gasteiger partial charge is 0.224 e. The summed E-state index contributed by atoms with van der Waals surface area (Å²) in [6.45, 7) is 6.78. The summed E-state index contributed by atoms with van der Waals surface area (Å²) in [5.41, 5.74) is 4.15. The Labute approximate surface area is 272 Å². The van der Waals surface area contributed by atoms with Crippen molar-refractivity contribution in [2.24, 2.45) is 5.92 Å². The lowest BCUT2D eigenvalue weighted by molar-refractivity contribution is -0.276. The fourth-order valence-electron chi connectivity index (χ4n) is 5.79. The number of aliphatic hydroxyl groups excluding tert-OH is 2. The van der Waals surface area contributed by atoms with Gasteiger partial charge in [-0.25, -0.2) is 0 Å². The molecule has 46 heavy (non-hydrogen) atoms. The number of ether oxygens (including phenoxy) is 2. The van der Waals surface area contributed by atoms with E-state index in [0.717, 1.165) is 41.5 Å². The average Bonchev–Trinajstić information content (AvgIpc) is 3.07. The molecule has 4 N–H and O–H groups in total. The number of rotatable bonds is 15. The van der Waals surface area contributed by atoms with Crippen molar-refractivity contribution in [3.8, 4) is 0 Å². The number of nitrogens with zero attached hydrogens (tertiary/aromatic N) is 1. The van der Waals surface area contributed by atoms with Crippen molar-refractivity contribution >= 4 is 17.5 Å². The highest BCUT2D eigenvalue weighted by atomic mass is 16.7. The molecule has 4 rings (SSSR count). The van der Waals surface area contributed by atoms with Gasteiger partial charge in [0.05, 0.1) is 24.9 Å². The molecule has 3 aromatic rings. The lowest BCUT2D eigenvalue weighted by atomic mass is 9.89. The van der Waals surface area contributed by atoms with E-state index >= 15 is 0 Å². The van der Waals surface area contributed by atoms with Gasteiger partial charge in [-0.05, 0) is 55.6 Å². The lowest BCUT2D eigenvalue weighted by Gasteiger charge is -2.43. The van der Waals surface area contributed by atoms with Crippen LogP contribution >= 0.6 is 0 Å². The van der Waals surface area contributed by atoms with Crippen LogP contribution < -0.4 is 10.6 Å². The van der Waals surface area contributed by atoms with Crippen LogP contribution in [0, 0.1) is 5.92 Å². The molecule has 2 amide bonds. The van der Waals surface area contributed by atoms with Gasteiger partial charge in [0.1, 0.15) is 0 Å². The van der Waals surface area contributed by atoms with Gasteiger partial charge in [-0.1, -0.05) is 80.1 Å². The first-order chi connectivity index (χ1) is 22.2. The summed E-state index contributed by atoms with van der Waals surface area (Å²) in [4.78, 5) is 25.8. The minimum Gasteiger partial charge on any atom is -0.392 e. The van der Waals surface area contributed by atoms with E-state index in [4.69, 9.17) is 9.47 Å². The fraction of sp³-hybridized carbons (Fsp3) is 0.459. The van der Waals surface area contributed by atoms with Crippen LogP contribution in [0.15, 0.2) is 78.9 Å². The molecule has 248 valence electrons. The topological polar surface area (TPSA) is 120 Å². The molecule has 9 heteroatoms. The second-order valence-electron chi connectivity index (χ2n) is 12.3. The van der Waals surface area contributed by atoms with Crippen molar-refractivity contribution in [3.05, 3.63) is 101 Å². The standard InChI is InChI=1S/C37H49N3O6/c1-25-33(23-40(4)26(2)35(44)29-12-7-5-8-13-29)45-37(46-36(25)30-19-17-28(24-41)18-20-30)31-14-11-15-32(22-31)39-34(43)16-9-6-10-21-38-27(3)42/h5,7-8,11-15,17-20,22,25-26,33,35-37,41,44H,6,9-10,16,21,23-24H2,1-4H3,(H,38,42)(H,39,43). The van der Waals surface area contributed by atoms with Crippen molar-refractivity contribution in [2.75, 3.05) is 25.5 Å². The second kappa shape index (κ2) is 17.4. The number of carbonyl (C=O) groups excluding carboxylic acids is 2. The number of likely N-dealkylation sites (N-methyl/N-ethyl adjacent to an activating group) is 1. The third-order valence-electron chi connectivity index (χ3n) is 8.78. The Balaban J connectivity index is 1.47. The van der Waals surface area contributed by atoms with Crippen LogP contribution in [0.3, 0.4) is 0 Å². The van der Waals surface area contributed by atoms with Gasteiger partial charge >= 0.3 is 0 Å². The minimum absolute atomic E-state index is 0.0201. The summed E-state index contributed by atoms with van der Waals surface area (Å²) in [7, 11) is 2.00. The molecule has 1 heterocycles. The first-order valence-electron chi connectivity index (χ1n) is 16.2. The van der Waals surface area contributed by atoms with E-state index in [1.54, 1.807) is 0 Å². The largest absolute Gasteiger partial charge is 0.392 e. The highest BCUT2D eigenvalue weighted by Gasteiger charge is 2.39. The van der Waals surface area contributed by atoms with Crippen molar-refractivity contribution in [1.82, 2.24) is 10.2 Å². The molecule has 9 nitrogen and oxygen atoms in total. The number of benzene rings is 3. The van der Waals surface area contributed by atoms with Gasteiger partial charge in [0.2, 0.25) is 11.8 Å². The number of anilines is 1. The van der Waals surface area contributed by atoms with E-state index in [1.165, 1.54) is 6.92 Å². The number of carbonyl (C=O) groups is 2. The quantitative estimate of drug-likeness (QED) is 0.160. The van der Waals surface area contributed by atoms with Crippen molar-refractivity contribution in [2.45, 2.75) is 83.7 Å². The maximum atomic E-state index is 12.7. The summed E-state index contributed by atoms with van der Waals surface area (Å²) < 4.78 is 13.3. The lowest BCUT2D eigenvalue weighted by Crippen LogP contribution is -2.46. The molecule has 0 spiro atoms. The number of aliphatic hydroxyl groups is 2. The molecule has 6 unspecified atom stereocenters. The average molecular weight is 632 g/mol. The van der Waals surface area contributed by atoms with Crippen LogP contribution in [0.25, 0.3) is 0 Å². The maximum absolute atomic E-state index is 12.7. The molecule has 0 aliphatic carbocycles. The Morgan fingerprint density at radius 1 is 0.935 bits per heavy atom. The highest BCUT2D eigenvalue weighted by molar-refractivity contribution is 5.90. The molecule has 0 saturated carbocycles. The maximum Gasteiger partial charge on any atom is 0.224 e. The molecular formula is C37H49N3O6. The number of amides is 2. The highest BCUT2D eigenvalue weighted by Crippen LogP contribution is 2.42. The van der Waals surface area contributed by atoms with Crippen LogP contribution in [-0.4, -0.2) is 59.2 Å². The molecule has 1 fully saturated rings. The van der Waals surface area contributed by atoms with Gasteiger partial charge in [0, 0.05) is 49.6 Å². The monoisotopic (exact) mass is 631 g/mol. The molecule has 6 atom stereocenters. The normalized spacial score (nSPS) is 21.0. The van der Waals surface area contributed by atoms with E-state index in [2.05, 4.69) is 22.5 Å². The SMILES string of the molecule is CC(=O)NCCCCCC(=O)Nc1cccc(C2OC(CN(C)C(C)C(O)c3ccccc3)C(C)C(c3ccc(CO)cc3)O2)c1. The van der Waals surface area contributed by atoms with Crippen LogP contribution in [-0.2, 0) is 25.7 Å². The van der Waals surface area contributed by atoms with Crippen molar-refractivity contribution in [3.63, 3.8) is 0 Å². The van der Waals surface area contributed by atoms with Gasteiger partial charge in [0.15, 0.2) is 6.29 Å². The molecule has 1 saturated heterocycles. The van der Waals surface area contributed by atoms with Crippen LogP contribution in [0.1, 0.15) is 87.2 Å². The summed E-state index contributed by atoms with van der Waals surface area (Å²) in [6, 6.07) is 24.9. The zero-order valence-corrected chi connectivity index (χ0v) is 27.4. The van der Waals surface area contributed by atoms with E-state index in [0.29, 0.717) is 25.2 Å². The van der Waals surface area contributed by atoms with Gasteiger partial charge in [0.25, 0.3) is 0 Å². The Bertz CT molecular complexity index is 1390. The van der Waals surface area contributed by atoms with Gasteiger partial charge in [-0.2, -0.15) is 0 Å². The number of nitrogens with one attached hydrogen (secondary N) is 2. The Morgan fingerprint density at radius 3 is 2.37 bits per heavy atom. The minimum atomic E-state index is -0.683. The van der Waals surface area contributed by atoms with Gasteiger partial charge in [-0.15, -0.1) is 0 Å². The second-order valence-corrected chi connectivity index (χ2v) is 12.3. The molecular weight excluding hydrogens is 582 g/mol. The Kier molecular flexibility index (Phi) is 13.3. The molecule has 0 radical (unpaired) electrons. The Morgan fingerprint density at radius 2 is 1.67 bits per heavy atom. The van der Waals surface area contributed by atoms with E-state index in [1.807, 2.05) is 92.8 Å². The third kappa shape index (κ3) is 9.95. The molecule has 1 aliphatic rings. The zero-order chi connectivity index (χ0) is 33.1. The summed E-state index contributed by atoms with van der Waals surface area (Å²) >= 11 is 0. The summed E-state index contributed by atoms with van der Waals surface area (Å²) in [5.74, 6) is -0.130. The third-order valence-corrected chi connectivity index (χ3v) is 8.78. The molecule has 1 aliphatic heterocycles. The zero-order valence-electron chi connectivity index (χ0n) is 27.4. The summed E-state index contributed by atoms with van der Waals surface area (Å²) in [6.07, 6.45) is 0.970. The van der Waals surface area contributed by atoms with Crippen molar-refractivity contribution < 1.29 is 29.3 Å². The first kappa shape index (κ1) is 35.3. The van der Waals surface area contributed by atoms with Gasteiger partial charge in [-0.3, -0.25) is 14.5 Å². The molecule has 0 bridgehead atoms. The van der Waals surface area contributed by atoms with E-state index in [9.17, 15) is 19.8 Å². The van der Waals surface area contributed by atoms with Gasteiger partial charge < -0.3 is 30.3 Å². The molecule has 3 aromatic carbocycles. The predicted molar refractivity (Wildman–Crippen MR) is 179 cm³/mol. The number of hydrogen-bond acceptors (Lipinski definition) is 7. The van der Waals surface area contributed by atoms with Crippen LogP contribution in [0.2, 0.25) is 0 Å². The fourth-order valence-corrected chi connectivity index (χ4v) is 5.79. The summed E-state index contributed by atoms with van der Waals surface area (Å²) in [5, 5.41) is 26.4. The molecule has 0 aromatic heterocycles. The van der Waals surface area contributed by atoms with E-state index in [-0.39, 0.29) is 42.6 Å². The predicted octanol–water partition coefficient (Wildman–Crippen LogP) is 5.66. The van der Waals surface area contributed by atoms with E-state index < -0.39 is 12.4 Å². The van der Waals surface area contributed by atoms with Crippen LogP contribution in [0.4, 0.5) is 5.69 Å². The number of unbranched alkanes of at least 4 members (excludes halogenated alkanes) is 2. The van der Waals surface area contributed by atoms with Crippen LogP contribution in [0.5, 0.6) is 0 Å². The van der Waals surface area contributed by atoms with Crippen molar-refractivity contribution in [1.29, 1.82) is 0 Å². The first-order valence-corrected chi connectivity index (χ1v) is 16.2. The number of hydrogen-bond donors (Lipinski definition) is 4. The Hall–Kier alpha value is -3.60.